The standard InChI is InChI=1S/C19H26Cl2N2O2S/c1-12-4-3-5-14(10-12)22-19(25)17(8-9-26-2)23-18(24)15-7-6-13(20)11-16(15)21/h6-7,11-12,14,17H,3-5,8-10H2,1-2H3,(H,22,25)(H,23,24). The van der Waals surface area contributed by atoms with Crippen molar-refractivity contribution in [3.8, 4) is 0 Å². The molecule has 0 saturated heterocycles. The third-order valence-electron chi connectivity index (χ3n) is 4.69. The molecule has 0 heterocycles. The van der Waals surface area contributed by atoms with Gasteiger partial charge in [0.1, 0.15) is 6.04 Å². The first-order valence-electron chi connectivity index (χ1n) is 8.96. The van der Waals surface area contributed by atoms with Gasteiger partial charge in [-0.1, -0.05) is 43.0 Å². The fraction of sp³-hybridized carbons (Fsp3) is 0.579. The molecule has 2 rings (SSSR count). The summed E-state index contributed by atoms with van der Waals surface area (Å²) in [6.07, 6.45) is 6.91. The average molecular weight is 417 g/mol. The Morgan fingerprint density at radius 2 is 2.08 bits per heavy atom. The van der Waals surface area contributed by atoms with Crippen LogP contribution < -0.4 is 10.6 Å². The fourth-order valence-electron chi connectivity index (χ4n) is 3.28. The molecule has 0 bridgehead atoms. The zero-order valence-electron chi connectivity index (χ0n) is 15.2. The molecule has 1 saturated carbocycles. The van der Waals surface area contributed by atoms with Gasteiger partial charge in [0, 0.05) is 11.1 Å². The van der Waals surface area contributed by atoms with Crippen LogP contribution in [0.3, 0.4) is 0 Å². The van der Waals surface area contributed by atoms with E-state index in [2.05, 4.69) is 17.6 Å². The zero-order valence-corrected chi connectivity index (χ0v) is 17.5. The summed E-state index contributed by atoms with van der Waals surface area (Å²) in [6, 6.07) is 4.34. The van der Waals surface area contributed by atoms with E-state index in [0.29, 0.717) is 22.9 Å². The molecular weight excluding hydrogens is 391 g/mol. The first-order valence-corrected chi connectivity index (χ1v) is 11.1. The maximum absolute atomic E-state index is 12.7. The van der Waals surface area contributed by atoms with Gasteiger partial charge in [0.2, 0.25) is 5.91 Å². The van der Waals surface area contributed by atoms with E-state index in [1.165, 1.54) is 12.5 Å². The molecule has 1 aromatic rings. The minimum atomic E-state index is -0.570. The van der Waals surface area contributed by atoms with E-state index in [1.54, 1.807) is 23.9 Å². The van der Waals surface area contributed by atoms with E-state index in [9.17, 15) is 9.59 Å². The van der Waals surface area contributed by atoms with Gasteiger partial charge in [-0.25, -0.2) is 0 Å². The molecule has 2 N–H and O–H groups in total. The van der Waals surface area contributed by atoms with E-state index >= 15 is 0 Å². The lowest BCUT2D eigenvalue weighted by molar-refractivity contribution is -0.124. The van der Waals surface area contributed by atoms with Crippen LogP contribution in [0.1, 0.15) is 49.4 Å². The van der Waals surface area contributed by atoms with E-state index in [1.807, 2.05) is 6.26 Å². The molecule has 2 amide bonds. The molecule has 7 heteroatoms. The monoisotopic (exact) mass is 416 g/mol. The summed E-state index contributed by atoms with van der Waals surface area (Å²) in [5.74, 6) is 0.941. The largest absolute Gasteiger partial charge is 0.352 e. The number of nitrogens with one attached hydrogen (secondary N) is 2. The average Bonchev–Trinajstić information content (AvgIpc) is 2.58. The Hall–Kier alpha value is -0.910. The number of amides is 2. The molecule has 1 aliphatic rings. The molecule has 26 heavy (non-hydrogen) atoms. The topological polar surface area (TPSA) is 58.2 Å². The van der Waals surface area contributed by atoms with Crippen LogP contribution in [0, 0.1) is 5.92 Å². The van der Waals surface area contributed by atoms with E-state index < -0.39 is 6.04 Å². The second kappa shape index (κ2) is 10.4. The van der Waals surface area contributed by atoms with Crippen molar-refractivity contribution >= 4 is 46.8 Å². The summed E-state index contributed by atoms with van der Waals surface area (Å²) in [7, 11) is 0. The number of thioether (sulfide) groups is 1. The van der Waals surface area contributed by atoms with Gasteiger partial charge in [0.05, 0.1) is 10.6 Å². The van der Waals surface area contributed by atoms with Crippen LogP contribution in [-0.4, -0.2) is 35.9 Å². The lowest BCUT2D eigenvalue weighted by Crippen LogP contribution is -2.50. The van der Waals surface area contributed by atoms with Crippen molar-refractivity contribution in [2.75, 3.05) is 12.0 Å². The van der Waals surface area contributed by atoms with Gasteiger partial charge in [0.15, 0.2) is 0 Å². The first kappa shape index (κ1) is 21.4. The van der Waals surface area contributed by atoms with Crippen molar-refractivity contribution in [3.05, 3.63) is 33.8 Å². The second-order valence-electron chi connectivity index (χ2n) is 6.91. The van der Waals surface area contributed by atoms with Gasteiger partial charge in [0.25, 0.3) is 5.91 Å². The maximum atomic E-state index is 12.7. The number of carbonyl (C=O) groups excluding carboxylic acids is 2. The van der Waals surface area contributed by atoms with Crippen LogP contribution in [0.2, 0.25) is 10.0 Å². The van der Waals surface area contributed by atoms with Crippen LogP contribution in [0.15, 0.2) is 18.2 Å². The molecule has 0 radical (unpaired) electrons. The van der Waals surface area contributed by atoms with Gasteiger partial charge in [-0.15, -0.1) is 0 Å². The summed E-state index contributed by atoms with van der Waals surface area (Å²) in [4.78, 5) is 25.3. The van der Waals surface area contributed by atoms with Gasteiger partial charge >= 0.3 is 0 Å². The Morgan fingerprint density at radius 1 is 1.31 bits per heavy atom. The highest BCUT2D eigenvalue weighted by atomic mass is 35.5. The third-order valence-corrected chi connectivity index (χ3v) is 5.88. The molecule has 1 fully saturated rings. The number of hydrogen-bond donors (Lipinski definition) is 2. The molecule has 4 nitrogen and oxygen atoms in total. The van der Waals surface area contributed by atoms with Crippen LogP contribution in [0.5, 0.6) is 0 Å². The summed E-state index contributed by atoms with van der Waals surface area (Å²) in [5, 5.41) is 6.70. The lowest BCUT2D eigenvalue weighted by atomic mass is 9.87. The first-order chi connectivity index (χ1) is 12.4. The second-order valence-corrected chi connectivity index (χ2v) is 8.74. The SMILES string of the molecule is CSCCC(NC(=O)c1ccc(Cl)cc1Cl)C(=O)NC1CCCC(C)C1. The van der Waals surface area contributed by atoms with Crippen molar-refractivity contribution in [1.82, 2.24) is 10.6 Å². The minimum Gasteiger partial charge on any atom is -0.352 e. The lowest BCUT2D eigenvalue weighted by Gasteiger charge is -2.29. The Balaban J connectivity index is 2.03. The third kappa shape index (κ3) is 6.36. The molecule has 1 aliphatic carbocycles. The highest BCUT2D eigenvalue weighted by Crippen LogP contribution is 2.24. The minimum absolute atomic E-state index is 0.114. The number of carbonyl (C=O) groups is 2. The van der Waals surface area contributed by atoms with Crippen molar-refractivity contribution in [2.45, 2.75) is 51.1 Å². The summed E-state index contributed by atoms with van der Waals surface area (Å²) in [6.45, 7) is 2.22. The van der Waals surface area contributed by atoms with Crippen molar-refractivity contribution < 1.29 is 9.59 Å². The molecular formula is C19H26Cl2N2O2S. The van der Waals surface area contributed by atoms with Crippen LogP contribution in [0.25, 0.3) is 0 Å². The molecule has 0 aliphatic heterocycles. The van der Waals surface area contributed by atoms with Gasteiger partial charge in [-0.2, -0.15) is 11.8 Å². The van der Waals surface area contributed by atoms with Crippen molar-refractivity contribution in [2.24, 2.45) is 5.92 Å². The Morgan fingerprint density at radius 3 is 2.73 bits per heavy atom. The Kier molecular flexibility index (Phi) is 8.58. The van der Waals surface area contributed by atoms with Gasteiger partial charge in [-0.3, -0.25) is 9.59 Å². The Bertz CT molecular complexity index is 642. The summed E-state index contributed by atoms with van der Waals surface area (Å²) in [5.41, 5.74) is 0.323. The van der Waals surface area contributed by atoms with Crippen molar-refractivity contribution in [3.63, 3.8) is 0 Å². The van der Waals surface area contributed by atoms with Crippen LogP contribution in [0.4, 0.5) is 0 Å². The normalized spacial score (nSPS) is 21.1. The van der Waals surface area contributed by atoms with E-state index in [0.717, 1.165) is 25.0 Å². The highest BCUT2D eigenvalue weighted by molar-refractivity contribution is 7.98. The molecule has 3 atom stereocenters. The molecule has 3 unspecified atom stereocenters. The van der Waals surface area contributed by atoms with Crippen LogP contribution >= 0.6 is 35.0 Å². The number of hydrogen-bond acceptors (Lipinski definition) is 3. The number of rotatable bonds is 7. The maximum Gasteiger partial charge on any atom is 0.253 e. The number of halogens is 2. The molecule has 1 aromatic carbocycles. The Labute approximate surface area is 169 Å². The summed E-state index contributed by atoms with van der Waals surface area (Å²) < 4.78 is 0. The predicted molar refractivity (Wildman–Crippen MR) is 110 cm³/mol. The molecule has 144 valence electrons. The van der Waals surface area contributed by atoms with Gasteiger partial charge in [-0.05, 0) is 55.4 Å². The van der Waals surface area contributed by atoms with Gasteiger partial charge < -0.3 is 10.6 Å². The smallest absolute Gasteiger partial charge is 0.253 e. The quantitative estimate of drug-likeness (QED) is 0.685. The van der Waals surface area contributed by atoms with Crippen molar-refractivity contribution in [1.29, 1.82) is 0 Å². The predicted octanol–water partition coefficient (Wildman–Crippen LogP) is 4.54. The van der Waals surface area contributed by atoms with Crippen LogP contribution in [-0.2, 0) is 4.79 Å². The fourth-order valence-corrected chi connectivity index (χ4v) is 4.25. The number of benzene rings is 1. The highest BCUT2D eigenvalue weighted by Gasteiger charge is 2.26. The summed E-state index contributed by atoms with van der Waals surface area (Å²) >= 11 is 13.6. The molecule has 0 spiro atoms. The van der Waals surface area contributed by atoms with E-state index in [4.69, 9.17) is 23.2 Å². The van der Waals surface area contributed by atoms with E-state index in [-0.39, 0.29) is 22.9 Å². The zero-order chi connectivity index (χ0) is 19.1. The molecule has 0 aromatic heterocycles.